The van der Waals surface area contributed by atoms with Gasteiger partial charge in [0.2, 0.25) is 5.95 Å². The van der Waals surface area contributed by atoms with E-state index in [9.17, 15) is 0 Å². The number of nitrogens with one attached hydrogen (secondary N) is 2. The Morgan fingerprint density at radius 1 is 0.829 bits per heavy atom. The Balaban J connectivity index is 1.32. The monoisotopic (exact) mass is 493 g/mol. The predicted molar refractivity (Wildman–Crippen MR) is 150 cm³/mol. The molecular weight excluding hydrogens is 454 g/mol. The number of piperazine rings is 1. The number of nitrogens with zero attached hydrogens (tertiary/aromatic N) is 5. The van der Waals surface area contributed by atoms with Crippen molar-refractivity contribution in [1.29, 1.82) is 0 Å². The Bertz CT molecular complexity index is 971. The van der Waals surface area contributed by atoms with Gasteiger partial charge in [-0.25, -0.2) is 0 Å². The molecule has 0 spiro atoms. The molecule has 1 aromatic heterocycles. The molecule has 1 aliphatic carbocycles. The summed E-state index contributed by atoms with van der Waals surface area (Å²) in [6, 6.07) is 13.8. The molecule has 5 rings (SSSR count). The average Bonchev–Trinajstić information content (AvgIpc) is 2.90. The molecule has 2 N–H and O–H groups in total. The van der Waals surface area contributed by atoms with E-state index < -0.39 is 0 Å². The predicted octanol–water partition coefficient (Wildman–Crippen LogP) is 4.80. The van der Waals surface area contributed by atoms with E-state index in [0.717, 1.165) is 44.4 Å². The maximum Gasteiger partial charge on any atom is 0.232 e. The fraction of sp³-hybridized carbons (Fsp3) is 0.593. The summed E-state index contributed by atoms with van der Waals surface area (Å²) in [6.07, 6.45) is 9.96. The molecular formula is C27H39N7S. The van der Waals surface area contributed by atoms with Crippen LogP contribution in [0.3, 0.4) is 0 Å². The van der Waals surface area contributed by atoms with Crippen LogP contribution in [0, 0.1) is 0 Å². The van der Waals surface area contributed by atoms with Crippen molar-refractivity contribution in [2.24, 2.45) is 0 Å². The van der Waals surface area contributed by atoms with Crippen LogP contribution in [-0.2, 0) is 0 Å². The van der Waals surface area contributed by atoms with Crippen LogP contribution >= 0.6 is 12.2 Å². The van der Waals surface area contributed by atoms with Gasteiger partial charge in [-0.05, 0) is 63.4 Å². The minimum atomic E-state index is 0.458. The third-order valence-corrected chi connectivity index (χ3v) is 7.91. The van der Waals surface area contributed by atoms with Crippen molar-refractivity contribution in [3.05, 3.63) is 36.4 Å². The third-order valence-electron chi connectivity index (χ3n) is 7.69. The van der Waals surface area contributed by atoms with E-state index in [4.69, 9.17) is 22.2 Å². The summed E-state index contributed by atoms with van der Waals surface area (Å²) in [5.41, 5.74) is 1.29. The van der Waals surface area contributed by atoms with Crippen molar-refractivity contribution in [1.82, 2.24) is 15.3 Å². The van der Waals surface area contributed by atoms with E-state index in [1.807, 2.05) is 0 Å². The topological polar surface area (TPSA) is 59.6 Å². The molecule has 3 aliphatic rings. The summed E-state index contributed by atoms with van der Waals surface area (Å²) in [4.78, 5) is 17.2. The number of hydrogen-bond donors (Lipinski definition) is 2. The van der Waals surface area contributed by atoms with Crippen molar-refractivity contribution in [3.63, 3.8) is 0 Å². The van der Waals surface area contributed by atoms with E-state index in [1.54, 1.807) is 0 Å². The summed E-state index contributed by atoms with van der Waals surface area (Å²) < 4.78 is 0. The molecule has 0 amide bonds. The highest BCUT2D eigenvalue weighted by Crippen LogP contribution is 2.28. The largest absolute Gasteiger partial charge is 0.368 e. The number of para-hydroxylation sites is 1. The Kier molecular flexibility index (Phi) is 7.86. The molecule has 1 atom stereocenters. The summed E-state index contributed by atoms with van der Waals surface area (Å²) in [7, 11) is 0. The molecule has 7 nitrogen and oxygen atoms in total. The van der Waals surface area contributed by atoms with Crippen LogP contribution in [0.5, 0.6) is 0 Å². The molecule has 0 radical (unpaired) electrons. The van der Waals surface area contributed by atoms with Crippen LogP contribution in [0.2, 0.25) is 0 Å². The van der Waals surface area contributed by atoms with Crippen molar-refractivity contribution >= 4 is 40.6 Å². The van der Waals surface area contributed by atoms with Gasteiger partial charge in [-0.15, -0.1) is 0 Å². The zero-order chi connectivity index (χ0) is 24.0. The molecule has 8 heteroatoms. The first kappa shape index (κ1) is 24.1. The molecule has 188 valence electrons. The molecule has 2 aromatic rings. The molecule has 3 fully saturated rings. The maximum absolute atomic E-state index is 5.67. The van der Waals surface area contributed by atoms with Gasteiger partial charge in [-0.2, -0.15) is 9.97 Å². The first-order valence-corrected chi connectivity index (χ1v) is 13.8. The minimum absolute atomic E-state index is 0.458. The molecule has 1 aromatic carbocycles. The van der Waals surface area contributed by atoms with Crippen LogP contribution in [0.1, 0.15) is 58.3 Å². The summed E-state index contributed by atoms with van der Waals surface area (Å²) in [5.74, 6) is 2.60. The van der Waals surface area contributed by atoms with Gasteiger partial charge in [0.25, 0.3) is 0 Å². The van der Waals surface area contributed by atoms with Gasteiger partial charge in [-0.3, -0.25) is 0 Å². The SMILES string of the molecule is C[C@H]1CCCCN1c1cc(N2CCN(c3ccccc3)CC2)nc(NC(=S)NC2CCCCC2)n1. The highest BCUT2D eigenvalue weighted by atomic mass is 32.1. The molecule has 0 unspecified atom stereocenters. The highest BCUT2D eigenvalue weighted by molar-refractivity contribution is 7.80. The molecule has 2 saturated heterocycles. The number of hydrogen-bond acceptors (Lipinski definition) is 6. The van der Waals surface area contributed by atoms with E-state index in [-0.39, 0.29) is 0 Å². The number of piperidine rings is 1. The number of anilines is 4. The van der Waals surface area contributed by atoms with Gasteiger partial charge in [0.1, 0.15) is 11.6 Å². The lowest BCUT2D eigenvalue weighted by atomic mass is 9.96. The Morgan fingerprint density at radius 2 is 1.51 bits per heavy atom. The van der Waals surface area contributed by atoms with Crippen molar-refractivity contribution in [3.8, 4) is 0 Å². The third kappa shape index (κ3) is 6.15. The first-order valence-electron chi connectivity index (χ1n) is 13.4. The Labute approximate surface area is 215 Å². The zero-order valence-electron chi connectivity index (χ0n) is 21.0. The van der Waals surface area contributed by atoms with E-state index >= 15 is 0 Å². The second-order valence-electron chi connectivity index (χ2n) is 10.2. The van der Waals surface area contributed by atoms with Gasteiger partial charge >= 0.3 is 0 Å². The van der Waals surface area contributed by atoms with Crippen LogP contribution in [0.25, 0.3) is 0 Å². The maximum atomic E-state index is 5.67. The van der Waals surface area contributed by atoms with Gasteiger partial charge < -0.3 is 25.3 Å². The first-order chi connectivity index (χ1) is 17.2. The second-order valence-corrected chi connectivity index (χ2v) is 10.6. The van der Waals surface area contributed by atoms with E-state index in [1.165, 1.54) is 57.1 Å². The highest BCUT2D eigenvalue weighted by Gasteiger charge is 2.24. The smallest absolute Gasteiger partial charge is 0.232 e. The van der Waals surface area contributed by atoms with Crippen molar-refractivity contribution in [2.45, 2.75) is 70.4 Å². The van der Waals surface area contributed by atoms with Crippen LogP contribution in [-0.4, -0.2) is 59.9 Å². The van der Waals surface area contributed by atoms with Crippen LogP contribution in [0.15, 0.2) is 36.4 Å². The minimum Gasteiger partial charge on any atom is -0.368 e. The molecule has 0 bridgehead atoms. The number of benzene rings is 1. The zero-order valence-corrected chi connectivity index (χ0v) is 21.8. The fourth-order valence-corrected chi connectivity index (χ4v) is 5.89. The normalized spacial score (nSPS) is 21.6. The Hall–Kier alpha value is -2.61. The van der Waals surface area contributed by atoms with Crippen LogP contribution in [0.4, 0.5) is 23.3 Å². The van der Waals surface area contributed by atoms with Crippen molar-refractivity contribution in [2.75, 3.05) is 52.7 Å². The van der Waals surface area contributed by atoms with Crippen LogP contribution < -0.4 is 25.3 Å². The van der Waals surface area contributed by atoms with Gasteiger partial charge in [0.05, 0.1) is 0 Å². The molecule has 1 saturated carbocycles. The lowest BCUT2D eigenvalue weighted by Crippen LogP contribution is -2.47. The second kappa shape index (κ2) is 11.4. The van der Waals surface area contributed by atoms with Gasteiger partial charge in [0, 0.05) is 56.6 Å². The molecule has 3 heterocycles. The molecule has 35 heavy (non-hydrogen) atoms. The number of rotatable bonds is 5. The lowest BCUT2D eigenvalue weighted by Gasteiger charge is -2.38. The standard InChI is InChI=1S/C27H39N7S/c1-21-10-8-9-15-34(21)25-20-24(33-18-16-32(17-19-33)23-13-6-3-7-14-23)29-26(30-25)31-27(35)28-22-11-4-2-5-12-22/h3,6-7,13-14,20-22H,2,4-5,8-12,15-19H2,1H3,(H2,28,29,30,31,35)/t21-/m0/s1. The average molecular weight is 494 g/mol. The van der Waals surface area contributed by atoms with Crippen molar-refractivity contribution < 1.29 is 0 Å². The fourth-order valence-electron chi connectivity index (χ4n) is 5.63. The Morgan fingerprint density at radius 3 is 2.26 bits per heavy atom. The van der Waals surface area contributed by atoms with Gasteiger partial charge in [-0.1, -0.05) is 37.5 Å². The summed E-state index contributed by atoms with van der Waals surface area (Å²) >= 11 is 5.67. The quantitative estimate of drug-likeness (QED) is 0.576. The van der Waals surface area contributed by atoms with E-state index in [0.29, 0.717) is 23.1 Å². The van der Waals surface area contributed by atoms with E-state index in [2.05, 4.69) is 68.7 Å². The number of thiocarbonyl (C=S) groups is 1. The number of aromatic nitrogens is 2. The lowest BCUT2D eigenvalue weighted by molar-refractivity contribution is 0.414. The summed E-state index contributed by atoms with van der Waals surface area (Å²) in [5, 5.41) is 7.48. The van der Waals surface area contributed by atoms with Gasteiger partial charge in [0.15, 0.2) is 5.11 Å². The molecule has 2 aliphatic heterocycles. The summed E-state index contributed by atoms with van der Waals surface area (Å²) in [6.45, 7) is 7.18.